The second-order valence-corrected chi connectivity index (χ2v) is 9.00. The van der Waals surface area contributed by atoms with E-state index >= 15 is 0 Å². The number of ether oxygens (including phenoxy) is 1. The largest absolute Gasteiger partial charge is 0.493 e. The van der Waals surface area contributed by atoms with Crippen molar-refractivity contribution in [3.63, 3.8) is 0 Å². The molecule has 8 heteroatoms. The highest BCUT2D eigenvalue weighted by atomic mass is 16.5. The van der Waals surface area contributed by atoms with Crippen LogP contribution in [-0.2, 0) is 0 Å². The second kappa shape index (κ2) is 8.09. The molecular formula is C24H30N6O2. The van der Waals surface area contributed by atoms with Gasteiger partial charge in [0, 0.05) is 43.1 Å². The number of carbonyl (C=O) groups excluding carboxylic acids is 1. The van der Waals surface area contributed by atoms with Gasteiger partial charge in [-0.25, -0.2) is 9.97 Å². The fourth-order valence-corrected chi connectivity index (χ4v) is 5.04. The molecule has 32 heavy (non-hydrogen) atoms. The Morgan fingerprint density at radius 1 is 1.25 bits per heavy atom. The highest BCUT2D eigenvalue weighted by Crippen LogP contribution is 2.35. The molecular weight excluding hydrogens is 404 g/mol. The molecule has 168 valence electrons. The third-order valence-corrected chi connectivity index (χ3v) is 6.66. The molecule has 2 fully saturated rings. The van der Waals surface area contributed by atoms with E-state index in [2.05, 4.69) is 32.0 Å². The molecule has 0 unspecified atom stereocenters. The number of anilines is 2. The van der Waals surface area contributed by atoms with E-state index in [0.717, 1.165) is 36.7 Å². The molecule has 2 aliphatic rings. The van der Waals surface area contributed by atoms with Crippen LogP contribution in [0.5, 0.6) is 5.75 Å². The summed E-state index contributed by atoms with van der Waals surface area (Å²) in [6.45, 7) is 11.0. The van der Waals surface area contributed by atoms with Gasteiger partial charge in [-0.3, -0.25) is 9.69 Å². The zero-order valence-corrected chi connectivity index (χ0v) is 19.0. The van der Waals surface area contributed by atoms with E-state index in [1.807, 2.05) is 42.6 Å². The summed E-state index contributed by atoms with van der Waals surface area (Å²) in [5, 5.41) is 2.89. The first-order chi connectivity index (χ1) is 15.4. The number of hydrogen-bond donors (Lipinski definition) is 1. The lowest BCUT2D eigenvalue weighted by Gasteiger charge is -2.46. The number of fused-ring (bicyclic) bond motifs is 2. The van der Waals surface area contributed by atoms with Crippen LogP contribution in [0.1, 0.15) is 42.7 Å². The summed E-state index contributed by atoms with van der Waals surface area (Å²) in [5.74, 6) is 0.828. The van der Waals surface area contributed by atoms with E-state index in [0.29, 0.717) is 23.7 Å². The third kappa shape index (κ3) is 3.79. The number of benzene rings is 1. The van der Waals surface area contributed by atoms with Crippen molar-refractivity contribution in [1.82, 2.24) is 19.3 Å². The van der Waals surface area contributed by atoms with Crippen LogP contribution in [0.4, 0.5) is 11.5 Å². The highest BCUT2D eigenvalue weighted by Gasteiger charge is 2.41. The van der Waals surface area contributed by atoms with Crippen molar-refractivity contribution in [2.75, 3.05) is 43.0 Å². The Morgan fingerprint density at radius 3 is 2.97 bits per heavy atom. The molecule has 0 saturated carbocycles. The summed E-state index contributed by atoms with van der Waals surface area (Å²) in [5.41, 5.74) is 3.49. The van der Waals surface area contributed by atoms with Crippen molar-refractivity contribution in [1.29, 1.82) is 0 Å². The zero-order chi connectivity index (χ0) is 22.3. The Kier molecular flexibility index (Phi) is 5.25. The second-order valence-electron chi connectivity index (χ2n) is 9.00. The molecule has 0 bridgehead atoms. The van der Waals surface area contributed by atoms with Crippen LogP contribution in [-0.4, -0.2) is 63.5 Å². The number of imidazole rings is 1. The van der Waals surface area contributed by atoms with Crippen LogP contribution < -0.4 is 15.0 Å². The molecule has 1 N–H and O–H groups in total. The number of rotatable bonds is 5. The van der Waals surface area contributed by atoms with Crippen molar-refractivity contribution < 1.29 is 9.53 Å². The maximum absolute atomic E-state index is 13.1. The van der Waals surface area contributed by atoms with Crippen molar-refractivity contribution in [3.05, 3.63) is 48.0 Å². The minimum atomic E-state index is -0.240. The number of nitrogens with zero attached hydrogens (tertiary/aromatic N) is 5. The highest BCUT2D eigenvalue weighted by molar-refractivity contribution is 6.06. The van der Waals surface area contributed by atoms with Gasteiger partial charge in [-0.05, 0) is 52.3 Å². The SMILES string of the molecule is CCOc1cc(N2CCN3CCC[C@@]3(C)C2)ccc1C(=O)Nc1cn2cc(C)nc2cn1. The van der Waals surface area contributed by atoms with Gasteiger partial charge >= 0.3 is 0 Å². The van der Waals surface area contributed by atoms with Crippen LogP contribution in [0.2, 0.25) is 0 Å². The molecule has 3 aromatic rings. The Morgan fingerprint density at radius 2 is 2.12 bits per heavy atom. The van der Waals surface area contributed by atoms with Gasteiger partial charge in [0.1, 0.15) is 11.6 Å². The third-order valence-electron chi connectivity index (χ3n) is 6.66. The van der Waals surface area contributed by atoms with Gasteiger partial charge in [0.05, 0.1) is 30.3 Å². The maximum atomic E-state index is 13.1. The topological polar surface area (TPSA) is 75.0 Å². The lowest BCUT2D eigenvalue weighted by molar-refractivity contribution is 0.102. The average Bonchev–Trinajstić information content (AvgIpc) is 3.34. The molecule has 0 radical (unpaired) electrons. The van der Waals surface area contributed by atoms with E-state index in [4.69, 9.17) is 4.74 Å². The molecule has 0 spiro atoms. The van der Waals surface area contributed by atoms with Crippen molar-refractivity contribution in [3.8, 4) is 5.75 Å². The molecule has 1 aromatic carbocycles. The lowest BCUT2D eigenvalue weighted by atomic mass is 9.95. The summed E-state index contributed by atoms with van der Waals surface area (Å²) < 4.78 is 7.73. The van der Waals surface area contributed by atoms with Gasteiger partial charge in [0.2, 0.25) is 0 Å². The summed E-state index contributed by atoms with van der Waals surface area (Å²) >= 11 is 0. The zero-order valence-electron chi connectivity index (χ0n) is 19.0. The number of hydrogen-bond acceptors (Lipinski definition) is 6. The minimum absolute atomic E-state index is 0.232. The van der Waals surface area contributed by atoms with Crippen LogP contribution in [0.25, 0.3) is 5.65 Å². The van der Waals surface area contributed by atoms with Crippen molar-refractivity contribution >= 4 is 23.1 Å². The summed E-state index contributed by atoms with van der Waals surface area (Å²) in [6.07, 6.45) is 7.82. The number of piperazine rings is 1. The first-order valence-corrected chi connectivity index (χ1v) is 11.3. The molecule has 2 saturated heterocycles. The molecule has 1 atom stereocenters. The summed E-state index contributed by atoms with van der Waals surface area (Å²) in [4.78, 5) is 26.8. The summed E-state index contributed by atoms with van der Waals surface area (Å²) in [6, 6.07) is 5.89. The van der Waals surface area contributed by atoms with Gasteiger partial charge in [-0.15, -0.1) is 0 Å². The smallest absolute Gasteiger partial charge is 0.260 e. The number of nitrogens with one attached hydrogen (secondary N) is 1. The normalized spacial score (nSPS) is 21.0. The standard InChI is InChI=1S/C24H30N6O2/c1-4-32-20-12-18(28-10-11-30-9-5-8-24(30,3)16-28)6-7-19(20)23(31)27-21-15-29-14-17(2)26-22(29)13-25-21/h6-7,12-15H,4-5,8-11,16H2,1-3H3,(H,27,31)/t24-/m0/s1. The van der Waals surface area contributed by atoms with E-state index in [-0.39, 0.29) is 11.4 Å². The van der Waals surface area contributed by atoms with E-state index < -0.39 is 0 Å². The minimum Gasteiger partial charge on any atom is -0.493 e. The van der Waals surface area contributed by atoms with Gasteiger partial charge in [0.25, 0.3) is 5.91 Å². The van der Waals surface area contributed by atoms with E-state index in [1.165, 1.54) is 19.4 Å². The van der Waals surface area contributed by atoms with Crippen molar-refractivity contribution in [2.24, 2.45) is 0 Å². The first kappa shape index (κ1) is 20.8. The molecule has 0 aliphatic carbocycles. The van der Waals surface area contributed by atoms with Crippen molar-refractivity contribution in [2.45, 2.75) is 39.2 Å². The predicted molar refractivity (Wildman–Crippen MR) is 125 cm³/mol. The van der Waals surface area contributed by atoms with E-state index in [1.54, 1.807) is 12.4 Å². The van der Waals surface area contributed by atoms with Crippen LogP contribution in [0.15, 0.2) is 36.8 Å². The molecule has 5 rings (SSSR count). The quantitative estimate of drug-likeness (QED) is 0.664. The van der Waals surface area contributed by atoms with Crippen LogP contribution in [0, 0.1) is 6.92 Å². The Hall–Kier alpha value is -3.13. The Labute approximate surface area is 188 Å². The maximum Gasteiger partial charge on any atom is 0.260 e. The number of carbonyl (C=O) groups is 1. The first-order valence-electron chi connectivity index (χ1n) is 11.3. The number of aromatic nitrogens is 3. The molecule has 4 heterocycles. The summed E-state index contributed by atoms with van der Waals surface area (Å²) in [7, 11) is 0. The Bertz CT molecular complexity index is 1160. The molecule has 2 aromatic heterocycles. The fraction of sp³-hybridized carbons (Fsp3) is 0.458. The number of amides is 1. The monoisotopic (exact) mass is 434 g/mol. The lowest BCUT2D eigenvalue weighted by Crippen LogP contribution is -2.57. The van der Waals surface area contributed by atoms with Gasteiger partial charge in [-0.1, -0.05) is 0 Å². The fourth-order valence-electron chi connectivity index (χ4n) is 5.04. The molecule has 8 nitrogen and oxygen atoms in total. The average molecular weight is 435 g/mol. The molecule has 2 aliphatic heterocycles. The van der Waals surface area contributed by atoms with Crippen LogP contribution in [0.3, 0.4) is 0 Å². The predicted octanol–water partition coefficient (Wildman–Crippen LogP) is 3.36. The van der Waals surface area contributed by atoms with Gasteiger partial charge in [-0.2, -0.15) is 0 Å². The van der Waals surface area contributed by atoms with E-state index in [9.17, 15) is 4.79 Å². The van der Waals surface area contributed by atoms with Gasteiger partial charge in [0.15, 0.2) is 5.65 Å². The van der Waals surface area contributed by atoms with Gasteiger partial charge < -0.3 is 19.4 Å². The molecule has 1 amide bonds. The Balaban J connectivity index is 1.37. The van der Waals surface area contributed by atoms with Crippen LogP contribution >= 0.6 is 0 Å². The number of aryl methyl sites for hydroxylation is 1.